The van der Waals surface area contributed by atoms with Gasteiger partial charge in [0.15, 0.2) is 16.6 Å². The molecule has 0 unspecified atom stereocenters. The molecule has 0 aromatic rings. The molecule has 420 valence electrons. The Bertz CT molecular complexity index is 2130. The summed E-state index contributed by atoms with van der Waals surface area (Å²) < 4.78 is 14.2. The van der Waals surface area contributed by atoms with Crippen molar-refractivity contribution >= 4 is 16.6 Å². The zero-order valence-electron chi connectivity index (χ0n) is 51.5. The van der Waals surface area contributed by atoms with Crippen LogP contribution in [0, 0.1) is 28.1 Å². The Hall–Kier alpha value is -1.85. The van der Waals surface area contributed by atoms with Crippen molar-refractivity contribution in [1.82, 2.24) is 0 Å². The van der Waals surface area contributed by atoms with Gasteiger partial charge in [-0.05, 0) is 232 Å². The van der Waals surface area contributed by atoms with Gasteiger partial charge in [0, 0.05) is 0 Å². The van der Waals surface area contributed by atoms with E-state index in [-0.39, 0.29) is 27.7 Å². The Labute approximate surface area is 458 Å². The van der Waals surface area contributed by atoms with Crippen molar-refractivity contribution in [2.45, 2.75) is 299 Å². The van der Waals surface area contributed by atoms with E-state index in [0.29, 0.717) is 41.1 Å². The summed E-state index contributed by atoms with van der Waals surface area (Å²) in [6.07, 6.45) is 30.9. The molecule has 6 aliphatic carbocycles. The van der Waals surface area contributed by atoms with Crippen LogP contribution >= 0.6 is 0 Å². The molecule has 0 aliphatic heterocycles. The summed E-state index contributed by atoms with van der Waals surface area (Å²) in [6, 6.07) is 0. The first-order valence-corrected chi connectivity index (χ1v) is 35.7. The lowest BCUT2D eigenvalue weighted by atomic mass is 9.64. The molecule has 6 aliphatic rings. The number of rotatable bonds is 13. The molecule has 3 N–H and O–H groups in total. The van der Waals surface area contributed by atoms with Crippen LogP contribution in [0.1, 0.15) is 232 Å². The highest BCUT2D eigenvalue weighted by atomic mass is 28.4. The highest BCUT2D eigenvalue weighted by Crippen LogP contribution is 2.60. The summed E-state index contributed by atoms with van der Waals surface area (Å²) in [4.78, 5) is 0. The van der Waals surface area contributed by atoms with Crippen LogP contribution in [0.25, 0.3) is 0 Å². The summed E-state index contributed by atoms with van der Waals surface area (Å²) in [5, 5.41) is 30.6. The molecule has 5 nitrogen and oxygen atoms in total. The maximum Gasteiger partial charge on any atom is 0.192 e. The average Bonchev–Trinajstić information content (AvgIpc) is 3.81. The van der Waals surface area contributed by atoms with Crippen molar-refractivity contribution in [3.05, 3.63) is 93.2 Å². The van der Waals surface area contributed by atoms with Gasteiger partial charge in [0.05, 0.1) is 30.0 Å². The Morgan fingerprint density at radius 3 is 1.32 bits per heavy atom. The molecular weight excluding hydrogens is 941 g/mol. The number of aliphatic hydroxyl groups is 3. The van der Waals surface area contributed by atoms with Crippen molar-refractivity contribution < 1.29 is 24.2 Å². The Morgan fingerprint density at radius 1 is 0.581 bits per heavy atom. The lowest BCUT2D eigenvalue weighted by molar-refractivity contribution is 0.0689. The van der Waals surface area contributed by atoms with Crippen molar-refractivity contribution in [3.63, 3.8) is 0 Å². The maximum absolute atomic E-state index is 10.1. The Kier molecular flexibility index (Phi) is 20.6. The highest BCUT2D eigenvalue weighted by Gasteiger charge is 2.49. The quantitative estimate of drug-likeness (QED) is 0.127. The van der Waals surface area contributed by atoms with Gasteiger partial charge in [-0.3, -0.25) is 0 Å². The summed E-state index contributed by atoms with van der Waals surface area (Å²) in [7, 11) is -3.93. The summed E-state index contributed by atoms with van der Waals surface area (Å²) in [5.74, 6) is 1.30. The second-order valence-electron chi connectivity index (χ2n) is 30.2. The fraction of sp³-hybridized carbons (Fsp3) is 0.761. The van der Waals surface area contributed by atoms with E-state index in [9.17, 15) is 15.3 Å². The molecule has 6 rings (SSSR count). The first kappa shape index (κ1) is 63.0. The largest absolute Gasteiger partial charge is 0.410 e. The number of allylic oxidation sites excluding steroid dienone is 10. The molecule has 0 saturated heterocycles. The molecule has 0 spiro atoms. The van der Waals surface area contributed by atoms with Gasteiger partial charge >= 0.3 is 0 Å². The lowest BCUT2D eigenvalue weighted by Gasteiger charge is -2.46. The fourth-order valence-corrected chi connectivity index (χ4v) is 16.2. The minimum Gasteiger partial charge on any atom is -0.410 e. The fourth-order valence-electron chi connectivity index (χ4n) is 13.6. The number of hydrogen-bond donors (Lipinski definition) is 3. The second kappa shape index (κ2) is 24.3. The molecule has 6 saturated carbocycles. The SMILES string of the molecule is C=C1[C@H](O)CC(=C/C=C2\CCC[C@]3(C)/C(=C(/C)CCCC(C)(C)O)CC[C@@H]23)C[C@H]1O.C=C1[C@H](O[Si](C)(C)C(C)(C)C)CC(=C/C=C2\CCC[C@]3(C)/C(=C(/C)CCCC(C)(C)C)CC[C@@H]23)C[C@H]1O[Si](C)(C)C(C)(C)C. The van der Waals surface area contributed by atoms with E-state index >= 15 is 0 Å². The molecule has 0 bridgehead atoms. The van der Waals surface area contributed by atoms with E-state index in [1.807, 2.05) is 13.8 Å². The van der Waals surface area contributed by atoms with E-state index in [1.54, 1.807) is 33.4 Å². The average molecular weight is 1060 g/mol. The van der Waals surface area contributed by atoms with Gasteiger partial charge in [0.1, 0.15) is 0 Å². The van der Waals surface area contributed by atoms with Gasteiger partial charge in [-0.2, -0.15) is 0 Å². The monoisotopic (exact) mass is 1050 g/mol. The van der Waals surface area contributed by atoms with E-state index in [1.165, 1.54) is 88.2 Å². The smallest absolute Gasteiger partial charge is 0.192 e. The first-order valence-electron chi connectivity index (χ1n) is 29.9. The summed E-state index contributed by atoms with van der Waals surface area (Å²) in [5.41, 5.74) is 14.7. The van der Waals surface area contributed by atoms with Crippen LogP contribution in [0.5, 0.6) is 0 Å². The predicted octanol–water partition coefficient (Wildman–Crippen LogP) is 18.9. The van der Waals surface area contributed by atoms with E-state index in [4.69, 9.17) is 8.85 Å². The van der Waals surface area contributed by atoms with Crippen LogP contribution in [0.15, 0.2) is 93.2 Å². The number of fused-ring (bicyclic) bond motifs is 2. The van der Waals surface area contributed by atoms with Crippen LogP contribution in [0.4, 0.5) is 0 Å². The molecule has 0 amide bonds. The van der Waals surface area contributed by atoms with Crippen molar-refractivity contribution in [3.8, 4) is 0 Å². The third-order valence-electron chi connectivity index (χ3n) is 20.4. The zero-order chi connectivity index (χ0) is 55.6. The van der Waals surface area contributed by atoms with Crippen LogP contribution < -0.4 is 0 Å². The molecule has 0 heterocycles. The van der Waals surface area contributed by atoms with Gasteiger partial charge in [0.25, 0.3) is 0 Å². The third-order valence-corrected chi connectivity index (χ3v) is 29.4. The predicted molar refractivity (Wildman–Crippen MR) is 323 cm³/mol. The molecule has 0 radical (unpaired) electrons. The van der Waals surface area contributed by atoms with Gasteiger partial charge in [0.2, 0.25) is 0 Å². The second-order valence-corrected chi connectivity index (χ2v) is 39.7. The molecule has 74 heavy (non-hydrogen) atoms. The zero-order valence-corrected chi connectivity index (χ0v) is 53.5. The molecular formula is C67H114O5Si2. The van der Waals surface area contributed by atoms with Crippen LogP contribution in [-0.2, 0) is 8.85 Å². The summed E-state index contributed by atoms with van der Waals surface area (Å²) >= 11 is 0. The van der Waals surface area contributed by atoms with Gasteiger partial charge < -0.3 is 24.2 Å². The van der Waals surface area contributed by atoms with Crippen molar-refractivity contribution in [2.24, 2.45) is 28.1 Å². The molecule has 6 fully saturated rings. The van der Waals surface area contributed by atoms with Gasteiger partial charge in [-0.1, -0.05) is 158 Å². The Balaban J connectivity index is 0.000000294. The first-order chi connectivity index (χ1) is 33.9. The van der Waals surface area contributed by atoms with Gasteiger partial charge in [-0.25, -0.2) is 0 Å². The van der Waals surface area contributed by atoms with Crippen molar-refractivity contribution in [2.75, 3.05) is 0 Å². The third kappa shape index (κ3) is 15.7. The number of hydrogen-bond acceptors (Lipinski definition) is 5. The molecule has 0 aromatic carbocycles. The van der Waals surface area contributed by atoms with E-state index in [0.717, 1.165) is 44.1 Å². The van der Waals surface area contributed by atoms with E-state index < -0.39 is 34.4 Å². The molecule has 7 heteroatoms. The van der Waals surface area contributed by atoms with Crippen LogP contribution in [0.3, 0.4) is 0 Å². The number of aliphatic hydroxyl groups excluding tert-OH is 2. The van der Waals surface area contributed by atoms with Gasteiger partial charge in [-0.15, -0.1) is 0 Å². The maximum atomic E-state index is 10.1. The van der Waals surface area contributed by atoms with Crippen molar-refractivity contribution in [1.29, 1.82) is 0 Å². The van der Waals surface area contributed by atoms with Crippen LogP contribution in [-0.4, -0.2) is 62.0 Å². The van der Waals surface area contributed by atoms with Crippen LogP contribution in [0.2, 0.25) is 36.3 Å². The standard InChI is InChI=1S/C40H72O2Si2.C27H42O3/c1-29(19-17-25-37(3,4)5)33-23-24-34-32(20-18-26-40(33,34)12)22-21-31-27-35(41-43(13,14)38(6,7)8)30(2)36(28-31)42-44(15,16)39(9,10)11;1-18(8-6-14-26(3,4)30)22-12-13-23-21(9-7-15-27(22,23)5)11-10-20-16-24(28)19(2)25(29)17-20/h21-22,34-36H,2,17-20,23-28H2,1,3-16H3;10-11,23-25,28-30H,2,6-9,12-17H2,1,3-5H3/b32-22+,33-29-;21-11+,22-18-/t34-,35+,36+,40+;23-,24+,25+,27+/m00/s1. The molecule has 0 aromatic heterocycles. The lowest BCUT2D eigenvalue weighted by Crippen LogP contribution is -2.49. The summed E-state index contributed by atoms with van der Waals surface area (Å²) in [6.45, 7) is 52.8. The minimum atomic E-state index is -1.96. The topological polar surface area (TPSA) is 79.2 Å². The molecule has 8 atom stereocenters. The Morgan fingerprint density at radius 2 is 0.959 bits per heavy atom. The minimum absolute atomic E-state index is 0.0393. The highest BCUT2D eigenvalue weighted by molar-refractivity contribution is 6.74. The normalized spacial score (nSPS) is 32.1. The van der Waals surface area contributed by atoms with E-state index in [2.05, 4.69) is 154 Å².